The first-order chi connectivity index (χ1) is 7.41. The van der Waals surface area contributed by atoms with Gasteiger partial charge in [-0.05, 0) is 31.5 Å². The van der Waals surface area contributed by atoms with Gasteiger partial charge in [-0.25, -0.2) is 0 Å². The molecule has 1 saturated carbocycles. The summed E-state index contributed by atoms with van der Waals surface area (Å²) < 4.78 is 0. The summed E-state index contributed by atoms with van der Waals surface area (Å²) in [5, 5.41) is 3.45. The molecule has 1 aromatic rings. The van der Waals surface area contributed by atoms with Gasteiger partial charge in [0.25, 0.3) is 0 Å². The molecule has 2 aliphatic rings. The van der Waals surface area contributed by atoms with E-state index in [1.807, 2.05) is 13.8 Å². The first kappa shape index (κ1) is 12.1. The monoisotopic (exact) mass is 206 g/mol. The summed E-state index contributed by atoms with van der Waals surface area (Å²) in [6.07, 6.45) is 2.77. The zero-order valence-electron chi connectivity index (χ0n) is 10.0. The van der Waals surface area contributed by atoms with Gasteiger partial charge in [0.2, 0.25) is 0 Å². The summed E-state index contributed by atoms with van der Waals surface area (Å²) >= 11 is 0. The van der Waals surface area contributed by atoms with E-state index in [4.69, 9.17) is 0 Å². The number of anilines is 1. The standard InChI is InChI=1S/C10H11N.C2H6.CH5N/c1-2-4-9-8(3-1)10(5-6-10)7-11-9;2*1-2/h1-4,11H,5-7H2;1-2H3;2H2,1H3. The highest BCUT2D eigenvalue weighted by atomic mass is 15.0. The third-order valence-corrected chi connectivity index (χ3v) is 2.97. The van der Waals surface area contributed by atoms with E-state index in [1.54, 1.807) is 5.56 Å². The predicted molar refractivity (Wildman–Crippen MR) is 67.3 cm³/mol. The Labute approximate surface area is 92.9 Å². The number of hydrogen-bond donors (Lipinski definition) is 2. The van der Waals surface area contributed by atoms with E-state index in [9.17, 15) is 0 Å². The fourth-order valence-corrected chi connectivity index (χ4v) is 2.06. The van der Waals surface area contributed by atoms with Crippen molar-refractivity contribution in [1.29, 1.82) is 0 Å². The average Bonchev–Trinajstić information content (AvgIpc) is 3.03. The van der Waals surface area contributed by atoms with Crippen molar-refractivity contribution in [1.82, 2.24) is 0 Å². The average molecular weight is 206 g/mol. The van der Waals surface area contributed by atoms with E-state index in [0.29, 0.717) is 5.41 Å². The molecule has 3 N–H and O–H groups in total. The molecule has 3 rings (SSSR count). The lowest BCUT2D eigenvalue weighted by atomic mass is 9.99. The molecule has 1 aliphatic carbocycles. The summed E-state index contributed by atoms with van der Waals surface area (Å²) in [5.41, 5.74) is 7.99. The highest BCUT2D eigenvalue weighted by molar-refractivity contribution is 5.62. The second-order valence-corrected chi connectivity index (χ2v) is 3.68. The van der Waals surface area contributed by atoms with Crippen molar-refractivity contribution >= 4 is 5.69 Å². The van der Waals surface area contributed by atoms with Crippen LogP contribution in [0.2, 0.25) is 0 Å². The van der Waals surface area contributed by atoms with Crippen molar-refractivity contribution < 1.29 is 0 Å². The molecule has 0 amide bonds. The highest BCUT2D eigenvalue weighted by Crippen LogP contribution is 2.53. The Morgan fingerprint density at radius 1 is 1.13 bits per heavy atom. The molecule has 1 aliphatic heterocycles. The minimum absolute atomic E-state index is 0.566. The largest absolute Gasteiger partial charge is 0.384 e. The Hall–Kier alpha value is -1.02. The molecule has 1 spiro atoms. The normalized spacial score (nSPS) is 17.6. The Balaban J connectivity index is 0.000000255. The molecule has 0 atom stereocenters. The van der Waals surface area contributed by atoms with Crippen molar-refractivity contribution in [2.75, 3.05) is 18.9 Å². The van der Waals surface area contributed by atoms with Crippen LogP contribution in [0.1, 0.15) is 32.3 Å². The summed E-state index contributed by atoms with van der Waals surface area (Å²) in [4.78, 5) is 0. The van der Waals surface area contributed by atoms with Gasteiger partial charge in [-0.1, -0.05) is 32.0 Å². The molecule has 0 radical (unpaired) electrons. The maximum Gasteiger partial charge on any atom is 0.0379 e. The minimum Gasteiger partial charge on any atom is -0.384 e. The molecule has 2 heteroatoms. The molecule has 0 aromatic heterocycles. The third-order valence-electron chi connectivity index (χ3n) is 2.97. The molecule has 1 fully saturated rings. The van der Waals surface area contributed by atoms with E-state index in [1.165, 1.54) is 32.1 Å². The summed E-state index contributed by atoms with van der Waals surface area (Å²) in [6, 6.07) is 8.70. The van der Waals surface area contributed by atoms with Gasteiger partial charge in [0.15, 0.2) is 0 Å². The van der Waals surface area contributed by atoms with E-state index in [0.717, 1.165) is 0 Å². The van der Waals surface area contributed by atoms with Crippen molar-refractivity contribution in [2.45, 2.75) is 32.1 Å². The predicted octanol–water partition coefficient (Wildman–Crippen LogP) is 2.74. The van der Waals surface area contributed by atoms with Crippen LogP contribution in [-0.2, 0) is 5.41 Å². The number of hydrogen-bond acceptors (Lipinski definition) is 2. The number of rotatable bonds is 0. The summed E-state index contributed by atoms with van der Waals surface area (Å²) in [7, 11) is 1.50. The fourth-order valence-electron chi connectivity index (χ4n) is 2.06. The van der Waals surface area contributed by atoms with Crippen LogP contribution in [0.3, 0.4) is 0 Å². The fraction of sp³-hybridized carbons (Fsp3) is 0.538. The van der Waals surface area contributed by atoms with Crippen LogP contribution in [0.25, 0.3) is 0 Å². The number of nitrogens with two attached hydrogens (primary N) is 1. The van der Waals surface area contributed by atoms with Crippen LogP contribution in [0, 0.1) is 0 Å². The topological polar surface area (TPSA) is 38.0 Å². The summed E-state index contributed by atoms with van der Waals surface area (Å²) in [6.45, 7) is 5.17. The first-order valence-corrected chi connectivity index (χ1v) is 5.82. The SMILES string of the molecule is CC.CN.c1ccc2c(c1)NCC21CC1. The van der Waals surface area contributed by atoms with Gasteiger partial charge in [-0.2, -0.15) is 0 Å². The molecule has 2 nitrogen and oxygen atoms in total. The van der Waals surface area contributed by atoms with Crippen LogP contribution < -0.4 is 11.1 Å². The second kappa shape index (κ2) is 5.17. The second-order valence-electron chi connectivity index (χ2n) is 3.68. The smallest absolute Gasteiger partial charge is 0.0379 e. The van der Waals surface area contributed by atoms with Crippen LogP contribution in [0.4, 0.5) is 5.69 Å². The van der Waals surface area contributed by atoms with Crippen LogP contribution in [-0.4, -0.2) is 13.6 Å². The quantitative estimate of drug-likeness (QED) is 0.685. The molecule has 0 unspecified atom stereocenters. The molecule has 1 heterocycles. The van der Waals surface area contributed by atoms with Gasteiger partial charge in [-0.3, -0.25) is 0 Å². The maximum absolute atomic E-state index is 4.50. The van der Waals surface area contributed by atoms with Crippen molar-refractivity contribution in [2.24, 2.45) is 5.73 Å². The zero-order chi connectivity index (χ0) is 11.3. The van der Waals surface area contributed by atoms with E-state index in [2.05, 4.69) is 35.3 Å². The van der Waals surface area contributed by atoms with Crippen LogP contribution in [0.5, 0.6) is 0 Å². The molecular weight excluding hydrogens is 184 g/mol. The lowest BCUT2D eigenvalue weighted by Gasteiger charge is -2.03. The van der Waals surface area contributed by atoms with Gasteiger partial charge in [0.1, 0.15) is 0 Å². The van der Waals surface area contributed by atoms with Gasteiger partial charge in [0.05, 0.1) is 0 Å². The Bertz CT molecular complexity index is 303. The van der Waals surface area contributed by atoms with Gasteiger partial charge in [0, 0.05) is 17.6 Å². The lowest BCUT2D eigenvalue weighted by molar-refractivity contribution is 0.778. The highest BCUT2D eigenvalue weighted by Gasteiger charge is 2.48. The maximum atomic E-state index is 4.50. The zero-order valence-corrected chi connectivity index (χ0v) is 10.0. The number of para-hydroxylation sites is 1. The third kappa shape index (κ3) is 2.15. The van der Waals surface area contributed by atoms with Crippen molar-refractivity contribution in [3.05, 3.63) is 29.8 Å². The molecule has 1 aromatic carbocycles. The lowest BCUT2D eigenvalue weighted by Crippen LogP contribution is -2.07. The van der Waals surface area contributed by atoms with E-state index >= 15 is 0 Å². The van der Waals surface area contributed by atoms with Gasteiger partial charge >= 0.3 is 0 Å². The molecule has 0 bridgehead atoms. The Morgan fingerprint density at radius 3 is 2.33 bits per heavy atom. The first-order valence-electron chi connectivity index (χ1n) is 5.82. The van der Waals surface area contributed by atoms with Gasteiger partial charge in [-0.15, -0.1) is 0 Å². The minimum atomic E-state index is 0.566. The molecule has 15 heavy (non-hydrogen) atoms. The number of benzene rings is 1. The Kier molecular flexibility index (Phi) is 4.15. The van der Waals surface area contributed by atoms with Crippen molar-refractivity contribution in [3.8, 4) is 0 Å². The Morgan fingerprint density at radius 2 is 1.73 bits per heavy atom. The van der Waals surface area contributed by atoms with Crippen LogP contribution >= 0.6 is 0 Å². The van der Waals surface area contributed by atoms with Gasteiger partial charge < -0.3 is 11.1 Å². The summed E-state index contributed by atoms with van der Waals surface area (Å²) in [5.74, 6) is 0. The van der Waals surface area contributed by atoms with Crippen LogP contribution in [0.15, 0.2) is 24.3 Å². The number of fused-ring (bicyclic) bond motifs is 2. The number of nitrogens with one attached hydrogen (secondary N) is 1. The molecular formula is C13H22N2. The van der Waals surface area contributed by atoms with E-state index in [-0.39, 0.29) is 0 Å². The van der Waals surface area contributed by atoms with Crippen molar-refractivity contribution in [3.63, 3.8) is 0 Å². The van der Waals surface area contributed by atoms with E-state index < -0.39 is 0 Å². The molecule has 84 valence electrons. The molecule has 0 saturated heterocycles.